The molecule has 2 fully saturated rings. The summed E-state index contributed by atoms with van der Waals surface area (Å²) in [5.74, 6) is 0.143. The largest absolute Gasteiger partial charge is 0.372 e. The molecular formula is C22H33N3O3. The van der Waals surface area contributed by atoms with Crippen molar-refractivity contribution in [3.63, 3.8) is 0 Å². The molecule has 0 bridgehead atoms. The third kappa shape index (κ3) is 5.79. The van der Waals surface area contributed by atoms with Gasteiger partial charge < -0.3 is 15.0 Å². The first-order valence-electron chi connectivity index (χ1n) is 10.4. The first-order chi connectivity index (χ1) is 13.3. The molecule has 2 atom stereocenters. The first kappa shape index (κ1) is 20.8. The minimum Gasteiger partial charge on any atom is -0.372 e. The van der Waals surface area contributed by atoms with Crippen LogP contribution >= 0.6 is 0 Å². The van der Waals surface area contributed by atoms with E-state index in [1.807, 2.05) is 50.8 Å². The highest BCUT2D eigenvalue weighted by Crippen LogP contribution is 2.27. The summed E-state index contributed by atoms with van der Waals surface area (Å²) in [5.41, 5.74) is 3.05. The predicted molar refractivity (Wildman–Crippen MR) is 110 cm³/mol. The zero-order valence-corrected chi connectivity index (χ0v) is 17.5. The summed E-state index contributed by atoms with van der Waals surface area (Å²) in [5, 5.41) is 3.03. The van der Waals surface area contributed by atoms with Crippen LogP contribution in [-0.2, 0) is 14.3 Å². The lowest BCUT2D eigenvalue weighted by Crippen LogP contribution is -2.49. The van der Waals surface area contributed by atoms with E-state index < -0.39 is 0 Å². The van der Waals surface area contributed by atoms with Crippen LogP contribution in [0.5, 0.6) is 0 Å². The minimum atomic E-state index is -0.0123. The summed E-state index contributed by atoms with van der Waals surface area (Å²) < 4.78 is 5.71. The maximum atomic E-state index is 12.6. The Labute approximate surface area is 168 Å². The number of hydrogen-bond acceptors (Lipinski definition) is 4. The van der Waals surface area contributed by atoms with Crippen molar-refractivity contribution in [1.82, 2.24) is 9.80 Å². The summed E-state index contributed by atoms with van der Waals surface area (Å²) >= 11 is 0. The number of morpholine rings is 1. The van der Waals surface area contributed by atoms with Gasteiger partial charge in [0.1, 0.15) is 0 Å². The van der Waals surface area contributed by atoms with Crippen LogP contribution in [0.4, 0.5) is 5.69 Å². The maximum Gasteiger partial charge on any atom is 0.238 e. The number of amides is 2. The summed E-state index contributed by atoms with van der Waals surface area (Å²) in [6.45, 7) is 10.3. The molecule has 3 rings (SSSR count). The second-order valence-electron chi connectivity index (χ2n) is 8.37. The molecule has 1 aromatic carbocycles. The van der Waals surface area contributed by atoms with Crippen molar-refractivity contribution < 1.29 is 14.3 Å². The zero-order valence-electron chi connectivity index (χ0n) is 17.5. The number of aryl methyl sites for hydroxylation is 2. The summed E-state index contributed by atoms with van der Waals surface area (Å²) in [6.07, 6.45) is 2.82. The Kier molecular flexibility index (Phi) is 6.73. The minimum absolute atomic E-state index is 0.0123. The summed E-state index contributed by atoms with van der Waals surface area (Å²) in [6, 6.07) is 6.49. The van der Waals surface area contributed by atoms with Gasteiger partial charge in [-0.1, -0.05) is 12.1 Å². The van der Waals surface area contributed by atoms with E-state index in [9.17, 15) is 9.59 Å². The van der Waals surface area contributed by atoms with Crippen molar-refractivity contribution in [1.29, 1.82) is 0 Å². The van der Waals surface area contributed by atoms with Gasteiger partial charge in [0.05, 0.1) is 18.8 Å². The summed E-state index contributed by atoms with van der Waals surface area (Å²) in [4.78, 5) is 29.3. The SMILES string of the molecule is Cc1ccc(C)c(NC(=O)CN(CCC(=O)N2CC(C)OC(C)C2)C2CC2)c1. The third-order valence-electron chi connectivity index (χ3n) is 5.46. The number of benzene rings is 1. The topological polar surface area (TPSA) is 61.9 Å². The van der Waals surface area contributed by atoms with Crippen LogP contribution in [-0.4, -0.2) is 66.0 Å². The lowest BCUT2D eigenvalue weighted by molar-refractivity contribution is -0.143. The molecule has 1 aromatic rings. The molecule has 0 radical (unpaired) electrons. The van der Waals surface area contributed by atoms with Gasteiger partial charge in [-0.3, -0.25) is 14.5 Å². The number of carbonyl (C=O) groups is 2. The number of anilines is 1. The van der Waals surface area contributed by atoms with E-state index in [-0.39, 0.29) is 24.0 Å². The van der Waals surface area contributed by atoms with E-state index in [0.29, 0.717) is 38.6 Å². The van der Waals surface area contributed by atoms with E-state index in [2.05, 4.69) is 10.2 Å². The van der Waals surface area contributed by atoms with Crippen LogP contribution in [0.1, 0.15) is 44.2 Å². The van der Waals surface area contributed by atoms with E-state index in [4.69, 9.17) is 4.74 Å². The molecule has 154 valence electrons. The third-order valence-corrected chi connectivity index (χ3v) is 5.46. The van der Waals surface area contributed by atoms with E-state index in [1.54, 1.807) is 0 Å². The lowest BCUT2D eigenvalue weighted by atomic mass is 10.1. The van der Waals surface area contributed by atoms with Crippen molar-refractivity contribution in [2.24, 2.45) is 0 Å². The monoisotopic (exact) mass is 387 g/mol. The Morgan fingerprint density at radius 1 is 1.18 bits per heavy atom. The molecule has 6 heteroatoms. The van der Waals surface area contributed by atoms with Crippen LogP contribution in [0.3, 0.4) is 0 Å². The zero-order chi connectivity index (χ0) is 20.3. The number of carbonyl (C=O) groups excluding carboxylic acids is 2. The van der Waals surface area contributed by atoms with E-state index in [0.717, 1.165) is 29.7 Å². The maximum absolute atomic E-state index is 12.6. The second-order valence-corrected chi connectivity index (χ2v) is 8.37. The van der Waals surface area contributed by atoms with Gasteiger partial charge >= 0.3 is 0 Å². The van der Waals surface area contributed by atoms with Gasteiger partial charge in [-0.25, -0.2) is 0 Å². The molecule has 0 aromatic heterocycles. The van der Waals surface area contributed by atoms with Gasteiger partial charge in [-0.2, -0.15) is 0 Å². The standard InChI is InChI=1S/C22H33N3O3/c1-15-5-6-16(2)20(11-15)23-21(26)14-24(19-7-8-19)10-9-22(27)25-12-17(3)28-18(4)13-25/h5-6,11,17-19H,7-10,12-14H2,1-4H3,(H,23,26). The number of hydrogen-bond donors (Lipinski definition) is 1. The predicted octanol–water partition coefficient (Wildman–Crippen LogP) is 2.73. The van der Waals surface area contributed by atoms with E-state index in [1.165, 1.54) is 0 Å². The number of nitrogens with one attached hydrogen (secondary N) is 1. The van der Waals surface area contributed by atoms with Gasteiger partial charge in [0.15, 0.2) is 0 Å². The van der Waals surface area contributed by atoms with Gasteiger partial charge in [-0.15, -0.1) is 0 Å². The van der Waals surface area contributed by atoms with Crippen molar-refractivity contribution in [2.75, 3.05) is 31.5 Å². The van der Waals surface area contributed by atoms with Crippen LogP contribution in [0.2, 0.25) is 0 Å². The van der Waals surface area contributed by atoms with Crippen molar-refractivity contribution in [3.8, 4) is 0 Å². The Bertz CT molecular complexity index is 707. The Morgan fingerprint density at radius 3 is 2.50 bits per heavy atom. The van der Waals surface area contributed by atoms with Gasteiger partial charge in [0.25, 0.3) is 0 Å². The number of nitrogens with zero attached hydrogens (tertiary/aromatic N) is 2. The average molecular weight is 388 g/mol. The highest BCUT2D eigenvalue weighted by molar-refractivity contribution is 5.93. The smallest absolute Gasteiger partial charge is 0.238 e. The quantitative estimate of drug-likeness (QED) is 0.781. The van der Waals surface area contributed by atoms with Crippen LogP contribution < -0.4 is 5.32 Å². The molecule has 6 nitrogen and oxygen atoms in total. The number of rotatable bonds is 7. The molecule has 0 spiro atoms. The van der Waals surface area contributed by atoms with Crippen LogP contribution in [0.25, 0.3) is 0 Å². The van der Waals surface area contributed by atoms with Crippen LogP contribution in [0, 0.1) is 13.8 Å². The Morgan fingerprint density at radius 2 is 1.86 bits per heavy atom. The highest BCUT2D eigenvalue weighted by Gasteiger charge is 2.32. The fourth-order valence-electron chi connectivity index (χ4n) is 3.85. The summed E-state index contributed by atoms with van der Waals surface area (Å²) in [7, 11) is 0. The van der Waals surface area contributed by atoms with Crippen molar-refractivity contribution in [2.45, 2.75) is 65.2 Å². The molecule has 1 heterocycles. The molecule has 1 aliphatic heterocycles. The molecule has 1 saturated heterocycles. The molecule has 1 saturated carbocycles. The average Bonchev–Trinajstić information content (AvgIpc) is 3.45. The van der Waals surface area contributed by atoms with E-state index >= 15 is 0 Å². The fraction of sp³-hybridized carbons (Fsp3) is 0.636. The molecule has 2 amide bonds. The highest BCUT2D eigenvalue weighted by atomic mass is 16.5. The van der Waals surface area contributed by atoms with Gasteiger partial charge in [0, 0.05) is 37.8 Å². The number of ether oxygens (including phenoxy) is 1. The molecule has 28 heavy (non-hydrogen) atoms. The molecular weight excluding hydrogens is 354 g/mol. The van der Waals surface area contributed by atoms with Gasteiger partial charge in [-0.05, 0) is 57.7 Å². The normalized spacial score (nSPS) is 22.4. The van der Waals surface area contributed by atoms with Crippen LogP contribution in [0.15, 0.2) is 18.2 Å². The molecule has 2 aliphatic rings. The Hall–Kier alpha value is -1.92. The Balaban J connectivity index is 1.52. The molecule has 1 N–H and O–H groups in total. The van der Waals surface area contributed by atoms with Gasteiger partial charge in [0.2, 0.25) is 11.8 Å². The fourth-order valence-corrected chi connectivity index (χ4v) is 3.85. The van der Waals surface area contributed by atoms with Crippen molar-refractivity contribution in [3.05, 3.63) is 29.3 Å². The second kappa shape index (κ2) is 9.05. The molecule has 1 aliphatic carbocycles. The first-order valence-corrected chi connectivity index (χ1v) is 10.4. The molecule has 2 unspecified atom stereocenters. The lowest BCUT2D eigenvalue weighted by Gasteiger charge is -2.35. The van der Waals surface area contributed by atoms with Crippen molar-refractivity contribution >= 4 is 17.5 Å².